The van der Waals surface area contributed by atoms with E-state index in [4.69, 9.17) is 21.1 Å². The van der Waals surface area contributed by atoms with Gasteiger partial charge in [0.15, 0.2) is 0 Å². The van der Waals surface area contributed by atoms with Gasteiger partial charge in [0, 0.05) is 29.7 Å². The Kier molecular flexibility index (Phi) is 11.2. The average molecular weight is 600 g/mol. The van der Waals surface area contributed by atoms with Crippen LogP contribution in [0.5, 0.6) is 11.5 Å². The molecule has 41 heavy (non-hydrogen) atoms. The first-order chi connectivity index (χ1) is 19.4. The number of thiophene rings is 1. The lowest BCUT2D eigenvalue weighted by atomic mass is 10.1. The highest BCUT2D eigenvalue weighted by Crippen LogP contribution is 2.35. The molecule has 3 rings (SSSR count). The summed E-state index contributed by atoms with van der Waals surface area (Å²) in [6.45, 7) is 11.5. The van der Waals surface area contributed by atoms with E-state index in [0.29, 0.717) is 22.1 Å². The third-order valence-corrected chi connectivity index (χ3v) is 7.17. The fraction of sp³-hybridized carbons (Fsp3) is 0.387. The van der Waals surface area contributed by atoms with Crippen LogP contribution in [0.15, 0.2) is 66.0 Å². The summed E-state index contributed by atoms with van der Waals surface area (Å²) in [5, 5.41) is 4.78. The maximum absolute atomic E-state index is 13.7. The lowest BCUT2D eigenvalue weighted by molar-refractivity contribution is -0.125. The van der Waals surface area contributed by atoms with E-state index in [1.54, 1.807) is 17.0 Å². The van der Waals surface area contributed by atoms with Crippen molar-refractivity contribution in [1.29, 1.82) is 0 Å². The minimum absolute atomic E-state index is 0.136. The fourth-order valence-electron chi connectivity index (χ4n) is 4.17. The molecule has 0 spiro atoms. The van der Waals surface area contributed by atoms with E-state index in [1.165, 1.54) is 16.2 Å². The summed E-state index contributed by atoms with van der Waals surface area (Å²) in [7, 11) is 0. The number of benzene rings is 2. The quantitative estimate of drug-likeness (QED) is 0.242. The summed E-state index contributed by atoms with van der Waals surface area (Å²) in [4.78, 5) is 43.4. The molecule has 10 heteroatoms. The van der Waals surface area contributed by atoms with Crippen LogP contribution in [-0.2, 0) is 14.3 Å². The maximum atomic E-state index is 13.7. The van der Waals surface area contributed by atoms with Gasteiger partial charge in [-0.15, -0.1) is 22.9 Å². The lowest BCUT2D eigenvalue weighted by Gasteiger charge is -2.32. The van der Waals surface area contributed by atoms with Crippen molar-refractivity contribution in [1.82, 2.24) is 10.2 Å². The Balaban J connectivity index is 1.86. The largest absolute Gasteiger partial charge is 0.457 e. The van der Waals surface area contributed by atoms with Crippen LogP contribution in [0, 0.1) is 6.92 Å². The van der Waals surface area contributed by atoms with E-state index in [1.807, 2.05) is 95.5 Å². The van der Waals surface area contributed by atoms with E-state index in [2.05, 4.69) is 5.32 Å². The first-order valence-corrected chi connectivity index (χ1v) is 14.8. The van der Waals surface area contributed by atoms with Crippen molar-refractivity contribution < 1.29 is 23.9 Å². The number of hydrogen-bond donors (Lipinski definition) is 1. The minimum Gasteiger partial charge on any atom is -0.457 e. The monoisotopic (exact) mass is 599 g/mol. The molecule has 0 saturated carbocycles. The molecule has 0 aliphatic carbocycles. The molecule has 0 radical (unpaired) electrons. The number of carbonyl (C=O) groups excluding carboxylic acids is 3. The Morgan fingerprint density at radius 2 is 1.71 bits per heavy atom. The highest BCUT2D eigenvalue weighted by Gasteiger charge is 2.34. The molecule has 0 aliphatic heterocycles. The van der Waals surface area contributed by atoms with Gasteiger partial charge in [0.1, 0.15) is 29.0 Å². The van der Waals surface area contributed by atoms with Gasteiger partial charge in [0.2, 0.25) is 11.8 Å². The number of ether oxygens (including phenoxy) is 2. The molecule has 0 saturated heterocycles. The Hall–Kier alpha value is -3.56. The fourth-order valence-corrected chi connectivity index (χ4v) is 5.11. The molecule has 1 aromatic heterocycles. The predicted molar refractivity (Wildman–Crippen MR) is 164 cm³/mol. The summed E-state index contributed by atoms with van der Waals surface area (Å²) in [6.07, 6.45) is -0.455. The van der Waals surface area contributed by atoms with Crippen LogP contribution in [-0.4, -0.2) is 53.4 Å². The molecule has 0 aliphatic rings. The Morgan fingerprint density at radius 1 is 1.00 bits per heavy atom. The summed E-state index contributed by atoms with van der Waals surface area (Å²) in [6, 6.07) is 17.3. The Morgan fingerprint density at radius 3 is 2.27 bits per heavy atom. The second-order valence-electron chi connectivity index (χ2n) is 10.7. The zero-order valence-electron chi connectivity index (χ0n) is 24.3. The van der Waals surface area contributed by atoms with Gasteiger partial charge in [-0.2, -0.15) is 0 Å². The molecule has 220 valence electrons. The molecule has 2 aromatic carbocycles. The number of aryl methyl sites for hydroxylation is 1. The van der Waals surface area contributed by atoms with Gasteiger partial charge in [0.05, 0.1) is 0 Å². The first-order valence-electron chi connectivity index (χ1n) is 13.4. The number of rotatable bonds is 11. The van der Waals surface area contributed by atoms with Gasteiger partial charge >= 0.3 is 6.09 Å². The third-order valence-electron chi connectivity index (χ3n) is 6.01. The van der Waals surface area contributed by atoms with Crippen LogP contribution in [0.25, 0.3) is 0 Å². The predicted octanol–water partition coefficient (Wildman–Crippen LogP) is 6.92. The van der Waals surface area contributed by atoms with Gasteiger partial charge < -0.3 is 19.7 Å². The zero-order valence-corrected chi connectivity index (χ0v) is 25.9. The van der Waals surface area contributed by atoms with Gasteiger partial charge in [0.25, 0.3) is 0 Å². The van der Waals surface area contributed by atoms with Gasteiger partial charge in [-0.3, -0.25) is 14.5 Å². The summed E-state index contributed by atoms with van der Waals surface area (Å²) in [5.41, 5.74) is 0.643. The van der Waals surface area contributed by atoms with Crippen LogP contribution < -0.4 is 15.0 Å². The van der Waals surface area contributed by atoms with E-state index in [0.717, 1.165) is 5.56 Å². The standard InChI is InChI=1S/C31H38ClN3O5S/c1-21(2)34(30(38)40-31(4,5)6)17-16-33-29(37)28(26-13-10-18-41-26)35(27(36)20-32)25-15-14-24(19-22(25)3)39-23-11-8-7-9-12-23/h7-15,18-19,21,28H,16-17,20H2,1-6H3,(H,33,37)/t28-/m0/s1. The molecule has 3 amide bonds. The van der Waals surface area contributed by atoms with Crippen LogP contribution in [0.1, 0.15) is 51.1 Å². The number of amides is 3. The van der Waals surface area contributed by atoms with Gasteiger partial charge in [-0.05, 0) is 88.9 Å². The van der Waals surface area contributed by atoms with Gasteiger partial charge in [-0.25, -0.2) is 4.79 Å². The minimum atomic E-state index is -0.963. The number of alkyl halides is 1. The first kappa shape index (κ1) is 32.0. The van der Waals surface area contributed by atoms with E-state index in [9.17, 15) is 14.4 Å². The number of hydrogen-bond acceptors (Lipinski definition) is 6. The third kappa shape index (κ3) is 8.96. The summed E-state index contributed by atoms with van der Waals surface area (Å²) >= 11 is 7.43. The molecule has 0 bridgehead atoms. The van der Waals surface area contributed by atoms with Crippen molar-refractivity contribution >= 4 is 46.5 Å². The Bertz CT molecular complexity index is 1310. The number of carbonyl (C=O) groups is 3. The smallest absolute Gasteiger partial charge is 0.410 e. The molecule has 1 heterocycles. The number of anilines is 1. The molecule has 8 nitrogen and oxygen atoms in total. The SMILES string of the molecule is Cc1cc(Oc2ccccc2)ccc1N(C(=O)CCl)[C@H](C(=O)NCCN(C(=O)OC(C)(C)C)C(C)C)c1cccs1. The Labute approximate surface area is 251 Å². The average Bonchev–Trinajstić information content (AvgIpc) is 3.43. The molecule has 1 atom stereocenters. The molecule has 1 N–H and O–H groups in total. The number of nitrogens with one attached hydrogen (secondary N) is 1. The lowest BCUT2D eigenvalue weighted by Crippen LogP contribution is -2.48. The van der Waals surface area contributed by atoms with Crippen LogP contribution >= 0.6 is 22.9 Å². The van der Waals surface area contributed by atoms with Crippen molar-refractivity contribution in [2.45, 2.75) is 59.2 Å². The highest BCUT2D eigenvalue weighted by atomic mass is 35.5. The van der Waals surface area contributed by atoms with Gasteiger partial charge in [-0.1, -0.05) is 24.3 Å². The van der Waals surface area contributed by atoms with Crippen molar-refractivity contribution in [3.8, 4) is 11.5 Å². The maximum Gasteiger partial charge on any atom is 0.410 e. The van der Waals surface area contributed by atoms with Crippen LogP contribution in [0.2, 0.25) is 0 Å². The van der Waals surface area contributed by atoms with Crippen LogP contribution in [0.4, 0.5) is 10.5 Å². The van der Waals surface area contributed by atoms with Crippen molar-refractivity contribution in [2.24, 2.45) is 0 Å². The normalized spacial score (nSPS) is 12.0. The zero-order chi connectivity index (χ0) is 30.2. The van der Waals surface area contributed by atoms with Crippen molar-refractivity contribution in [3.05, 3.63) is 76.5 Å². The molecular weight excluding hydrogens is 562 g/mol. The van der Waals surface area contributed by atoms with Crippen molar-refractivity contribution in [3.63, 3.8) is 0 Å². The van der Waals surface area contributed by atoms with Crippen molar-refractivity contribution in [2.75, 3.05) is 23.9 Å². The topological polar surface area (TPSA) is 88.2 Å². The second-order valence-corrected chi connectivity index (χ2v) is 12.0. The second kappa shape index (κ2) is 14.4. The molecular formula is C31H38ClN3O5S. The van der Waals surface area contributed by atoms with Crippen LogP contribution in [0.3, 0.4) is 0 Å². The number of nitrogens with zero attached hydrogens (tertiary/aromatic N) is 2. The van der Waals surface area contributed by atoms with E-state index < -0.39 is 23.6 Å². The summed E-state index contributed by atoms with van der Waals surface area (Å²) in [5.74, 6) is 0.173. The molecule has 3 aromatic rings. The summed E-state index contributed by atoms with van der Waals surface area (Å²) < 4.78 is 11.5. The van der Waals surface area contributed by atoms with E-state index >= 15 is 0 Å². The molecule has 0 unspecified atom stereocenters. The van der Waals surface area contributed by atoms with E-state index in [-0.39, 0.29) is 30.9 Å². The number of para-hydroxylation sites is 1. The number of halogens is 1. The highest BCUT2D eigenvalue weighted by molar-refractivity contribution is 7.10. The molecule has 0 fully saturated rings.